The average Bonchev–Trinajstić information content (AvgIpc) is 1.61. The molecule has 0 rings (SSSR count). The van der Waals surface area contributed by atoms with Crippen LogP contribution >= 0.6 is 12.2 Å². The van der Waals surface area contributed by atoms with E-state index in [0.717, 1.165) is 17.8 Å². The molecular weight excluding hydrogens is 106 g/mol. The van der Waals surface area contributed by atoms with Gasteiger partial charge in [0.25, 0.3) is 0 Å². The summed E-state index contributed by atoms with van der Waals surface area (Å²) in [6.07, 6.45) is 1.02. The molecule has 42 valence electrons. The molecule has 0 spiro atoms. The van der Waals surface area contributed by atoms with Crippen LogP contribution in [0.4, 0.5) is 0 Å². The monoisotopic (exact) mass is 117 g/mol. The highest BCUT2D eigenvalue weighted by Gasteiger charge is 1.82. The zero-order chi connectivity index (χ0) is 5.70. The van der Waals surface area contributed by atoms with Crippen molar-refractivity contribution in [3.8, 4) is 0 Å². The van der Waals surface area contributed by atoms with E-state index in [-0.39, 0.29) is 0 Å². The lowest BCUT2D eigenvalue weighted by Crippen LogP contribution is -2.09. The van der Waals surface area contributed by atoms with Crippen LogP contribution in [0.25, 0.3) is 0 Å². The first-order chi connectivity index (χ1) is 3.27. The maximum Gasteiger partial charge on any atom is -0.000648 e. The fourth-order valence-corrected chi connectivity index (χ4v) is 0.403. The van der Waals surface area contributed by atoms with Crippen LogP contribution < -0.4 is 5.32 Å². The van der Waals surface area contributed by atoms with Gasteiger partial charge < -0.3 is 5.32 Å². The lowest BCUT2D eigenvalue weighted by atomic mass is 10.3. The molecule has 0 amide bonds. The molecule has 7 heavy (non-hydrogen) atoms. The maximum absolute atomic E-state index is 4.82. The molecule has 0 radical (unpaired) electrons. The van der Waals surface area contributed by atoms with E-state index in [1.54, 1.807) is 0 Å². The Hall–Kier alpha value is 0.0500. The molecule has 0 unspecified atom stereocenters. The summed E-state index contributed by atoms with van der Waals surface area (Å²) >= 11 is 4.82. The van der Waals surface area contributed by atoms with Gasteiger partial charge in [-0.15, -0.1) is 0 Å². The number of rotatable bonds is 3. The molecule has 0 fully saturated rings. The molecule has 0 atom stereocenters. The second kappa shape index (κ2) is 4.22. The summed E-state index contributed by atoms with van der Waals surface area (Å²) in [5.41, 5.74) is 0. The zero-order valence-corrected chi connectivity index (χ0v) is 5.64. The first-order valence-corrected chi connectivity index (χ1v) is 2.82. The highest BCUT2D eigenvalue weighted by atomic mass is 32.1. The van der Waals surface area contributed by atoms with Gasteiger partial charge in [-0.1, -0.05) is 12.2 Å². The van der Waals surface area contributed by atoms with Crippen molar-refractivity contribution in [1.29, 1.82) is 0 Å². The van der Waals surface area contributed by atoms with Gasteiger partial charge in [0.05, 0.1) is 0 Å². The van der Waals surface area contributed by atoms with Gasteiger partial charge in [0.2, 0.25) is 0 Å². The third-order valence-electron chi connectivity index (χ3n) is 0.727. The van der Waals surface area contributed by atoms with Crippen molar-refractivity contribution < 1.29 is 0 Å². The van der Waals surface area contributed by atoms with Crippen LogP contribution in [0, 0.1) is 0 Å². The van der Waals surface area contributed by atoms with Crippen LogP contribution in [-0.4, -0.2) is 18.5 Å². The molecule has 0 aliphatic carbocycles. The molecule has 0 saturated carbocycles. The smallest absolute Gasteiger partial charge is 0.000648 e. The standard InChI is InChI=1S/C5H11NS/c1-5(7)3-4-6-2/h6H,3-4H2,1-2H3. The summed E-state index contributed by atoms with van der Waals surface area (Å²) in [4.78, 5) is 1.08. The fourth-order valence-electron chi connectivity index (χ4n) is 0.301. The van der Waals surface area contributed by atoms with Gasteiger partial charge in [0, 0.05) is 0 Å². The fraction of sp³-hybridized carbons (Fsp3) is 0.800. The van der Waals surface area contributed by atoms with E-state index in [1.807, 2.05) is 14.0 Å². The van der Waals surface area contributed by atoms with Crippen molar-refractivity contribution >= 4 is 17.1 Å². The molecule has 1 nitrogen and oxygen atoms in total. The van der Waals surface area contributed by atoms with Gasteiger partial charge in [0.1, 0.15) is 0 Å². The number of thiocarbonyl (C=S) groups is 1. The van der Waals surface area contributed by atoms with E-state index < -0.39 is 0 Å². The average molecular weight is 117 g/mol. The van der Waals surface area contributed by atoms with Crippen LogP contribution in [0.15, 0.2) is 0 Å². The number of hydrogen-bond donors (Lipinski definition) is 1. The lowest BCUT2D eigenvalue weighted by Gasteiger charge is -1.92. The molecule has 0 aromatic heterocycles. The quantitative estimate of drug-likeness (QED) is 0.553. The normalized spacial score (nSPS) is 8.86. The van der Waals surface area contributed by atoms with Crippen molar-refractivity contribution in [3.05, 3.63) is 0 Å². The molecule has 0 aliphatic heterocycles. The lowest BCUT2D eigenvalue weighted by molar-refractivity contribution is 0.827. The second-order valence-electron chi connectivity index (χ2n) is 1.56. The summed E-state index contributed by atoms with van der Waals surface area (Å²) in [6.45, 7) is 2.97. The Balaban J connectivity index is 2.82. The summed E-state index contributed by atoms with van der Waals surface area (Å²) in [5.74, 6) is 0. The van der Waals surface area contributed by atoms with Gasteiger partial charge in [-0.05, 0) is 31.8 Å². The minimum absolute atomic E-state index is 1.01. The molecular formula is C5H11NS. The largest absolute Gasteiger partial charge is 0.319 e. The SMILES string of the molecule is CNCCC(C)=S. The Morgan fingerprint density at radius 2 is 2.29 bits per heavy atom. The number of hydrogen-bond acceptors (Lipinski definition) is 2. The third-order valence-corrected chi connectivity index (χ3v) is 0.931. The molecule has 0 heterocycles. The highest BCUT2D eigenvalue weighted by molar-refractivity contribution is 7.80. The van der Waals surface area contributed by atoms with Gasteiger partial charge in [-0.2, -0.15) is 0 Å². The van der Waals surface area contributed by atoms with E-state index in [1.165, 1.54) is 0 Å². The third kappa shape index (κ3) is 6.05. The minimum atomic E-state index is 1.01. The number of nitrogens with one attached hydrogen (secondary N) is 1. The first kappa shape index (κ1) is 7.05. The van der Waals surface area contributed by atoms with Crippen LogP contribution in [0.3, 0.4) is 0 Å². The van der Waals surface area contributed by atoms with Crippen LogP contribution in [-0.2, 0) is 0 Å². The highest BCUT2D eigenvalue weighted by Crippen LogP contribution is 1.79. The Labute approximate surface area is 50.1 Å². The first-order valence-electron chi connectivity index (χ1n) is 2.41. The van der Waals surface area contributed by atoms with Crippen molar-refractivity contribution in [2.45, 2.75) is 13.3 Å². The Bertz CT molecular complexity index is 61.1. The minimum Gasteiger partial charge on any atom is -0.319 e. The summed E-state index contributed by atoms with van der Waals surface area (Å²) < 4.78 is 0. The molecule has 0 aliphatic rings. The van der Waals surface area contributed by atoms with E-state index in [4.69, 9.17) is 12.2 Å². The van der Waals surface area contributed by atoms with Crippen LogP contribution in [0.2, 0.25) is 0 Å². The second-order valence-corrected chi connectivity index (χ2v) is 2.25. The Morgan fingerprint density at radius 3 is 2.43 bits per heavy atom. The van der Waals surface area contributed by atoms with Crippen LogP contribution in [0.5, 0.6) is 0 Å². The summed E-state index contributed by atoms with van der Waals surface area (Å²) in [7, 11) is 1.93. The molecule has 2 heteroatoms. The van der Waals surface area contributed by atoms with E-state index >= 15 is 0 Å². The van der Waals surface area contributed by atoms with Gasteiger partial charge >= 0.3 is 0 Å². The Morgan fingerprint density at radius 1 is 1.71 bits per heavy atom. The molecule has 0 aromatic carbocycles. The van der Waals surface area contributed by atoms with Crippen molar-refractivity contribution in [2.75, 3.05) is 13.6 Å². The zero-order valence-electron chi connectivity index (χ0n) is 4.82. The van der Waals surface area contributed by atoms with Gasteiger partial charge in [-0.3, -0.25) is 0 Å². The van der Waals surface area contributed by atoms with Gasteiger partial charge in [0.15, 0.2) is 0 Å². The molecule has 0 bridgehead atoms. The van der Waals surface area contributed by atoms with Crippen molar-refractivity contribution in [3.63, 3.8) is 0 Å². The van der Waals surface area contributed by atoms with E-state index in [2.05, 4.69) is 5.32 Å². The maximum atomic E-state index is 4.82. The summed E-state index contributed by atoms with van der Waals surface area (Å²) in [5, 5.41) is 3.01. The molecule has 1 N–H and O–H groups in total. The predicted octanol–water partition coefficient (Wildman–Crippen LogP) is 0.986. The summed E-state index contributed by atoms with van der Waals surface area (Å²) in [6, 6.07) is 0. The van der Waals surface area contributed by atoms with E-state index in [9.17, 15) is 0 Å². The van der Waals surface area contributed by atoms with Crippen molar-refractivity contribution in [1.82, 2.24) is 5.32 Å². The van der Waals surface area contributed by atoms with Crippen LogP contribution in [0.1, 0.15) is 13.3 Å². The Kier molecular flexibility index (Phi) is 4.25. The van der Waals surface area contributed by atoms with E-state index in [0.29, 0.717) is 0 Å². The van der Waals surface area contributed by atoms with Gasteiger partial charge in [-0.25, -0.2) is 0 Å². The molecule has 0 saturated heterocycles. The topological polar surface area (TPSA) is 12.0 Å². The van der Waals surface area contributed by atoms with Crippen molar-refractivity contribution in [2.24, 2.45) is 0 Å². The molecule has 0 aromatic rings. The predicted molar refractivity (Wildman–Crippen MR) is 36.8 cm³/mol.